The van der Waals surface area contributed by atoms with Crippen LogP contribution < -0.4 is 14.8 Å². The van der Waals surface area contributed by atoms with Gasteiger partial charge in [-0.2, -0.15) is 0 Å². The van der Waals surface area contributed by atoms with Crippen molar-refractivity contribution in [3.63, 3.8) is 0 Å². The van der Waals surface area contributed by atoms with Gasteiger partial charge < -0.3 is 25.0 Å². The minimum atomic E-state index is -1.82. The van der Waals surface area contributed by atoms with Gasteiger partial charge >= 0.3 is 11.9 Å². The van der Waals surface area contributed by atoms with Gasteiger partial charge in [0.05, 0.1) is 14.2 Å². The Balaban J connectivity index is 0.000000487. The number of hydrogen-bond donors (Lipinski definition) is 3. The first kappa shape index (κ1) is 20.8. The lowest BCUT2D eigenvalue weighted by Crippen LogP contribution is -2.09. The lowest BCUT2D eigenvalue weighted by atomic mass is 10.1. The zero-order valence-corrected chi connectivity index (χ0v) is 15.2. The fraction of sp³-hybridized carbons (Fsp3) is 0.263. The summed E-state index contributed by atoms with van der Waals surface area (Å²) in [5.74, 6) is -2.11. The van der Waals surface area contributed by atoms with E-state index in [2.05, 4.69) is 37.4 Å². The number of carboxylic acids is 2. The number of methoxy groups -OCH3 is 2. The van der Waals surface area contributed by atoms with Crippen molar-refractivity contribution in [2.45, 2.75) is 20.4 Å². The zero-order chi connectivity index (χ0) is 19.7. The SMILES string of the molecule is COc1cccc(CNc2ccc(C)c(C)c2)c1OC.O=C(O)C(=O)O. The van der Waals surface area contributed by atoms with E-state index in [1.807, 2.05) is 18.2 Å². The van der Waals surface area contributed by atoms with E-state index in [0.717, 1.165) is 22.7 Å². The molecule has 2 aromatic rings. The van der Waals surface area contributed by atoms with Crippen LogP contribution in [0.4, 0.5) is 5.69 Å². The van der Waals surface area contributed by atoms with Gasteiger partial charge in [0.25, 0.3) is 0 Å². The normalized spacial score (nSPS) is 9.54. The minimum Gasteiger partial charge on any atom is -0.493 e. The summed E-state index contributed by atoms with van der Waals surface area (Å²) in [4.78, 5) is 18.2. The Morgan fingerprint density at radius 2 is 1.62 bits per heavy atom. The first-order valence-corrected chi connectivity index (χ1v) is 7.77. The fourth-order valence-electron chi connectivity index (χ4n) is 2.14. The molecule has 2 aromatic carbocycles. The molecule has 3 N–H and O–H groups in total. The van der Waals surface area contributed by atoms with E-state index in [1.54, 1.807) is 14.2 Å². The second-order valence-electron chi connectivity index (χ2n) is 5.42. The molecule has 140 valence electrons. The number of anilines is 1. The van der Waals surface area contributed by atoms with Crippen LogP contribution in [0.15, 0.2) is 36.4 Å². The highest BCUT2D eigenvalue weighted by molar-refractivity contribution is 6.27. The van der Waals surface area contributed by atoms with Crippen LogP contribution in [0.5, 0.6) is 11.5 Å². The number of benzene rings is 2. The number of ether oxygens (including phenoxy) is 2. The quantitative estimate of drug-likeness (QED) is 0.703. The summed E-state index contributed by atoms with van der Waals surface area (Å²) in [6, 6.07) is 12.3. The van der Waals surface area contributed by atoms with Crippen LogP contribution in [-0.4, -0.2) is 36.4 Å². The molecule has 0 saturated heterocycles. The van der Waals surface area contributed by atoms with E-state index in [0.29, 0.717) is 6.54 Å². The van der Waals surface area contributed by atoms with Gasteiger partial charge in [-0.25, -0.2) is 9.59 Å². The third kappa shape index (κ3) is 6.01. The molecule has 0 aliphatic heterocycles. The van der Waals surface area contributed by atoms with Crippen molar-refractivity contribution in [2.24, 2.45) is 0 Å². The van der Waals surface area contributed by atoms with Crippen molar-refractivity contribution in [2.75, 3.05) is 19.5 Å². The average molecular weight is 361 g/mol. The van der Waals surface area contributed by atoms with Gasteiger partial charge in [-0.1, -0.05) is 18.2 Å². The summed E-state index contributed by atoms with van der Waals surface area (Å²) < 4.78 is 10.7. The lowest BCUT2D eigenvalue weighted by Gasteiger charge is -2.14. The predicted octanol–water partition coefficient (Wildman–Crippen LogP) is 3.09. The molecule has 0 heterocycles. The van der Waals surface area contributed by atoms with Crippen LogP contribution in [-0.2, 0) is 16.1 Å². The van der Waals surface area contributed by atoms with Gasteiger partial charge in [0.2, 0.25) is 0 Å². The highest BCUT2D eigenvalue weighted by atomic mass is 16.5. The smallest absolute Gasteiger partial charge is 0.414 e. The van der Waals surface area contributed by atoms with Gasteiger partial charge in [-0.15, -0.1) is 0 Å². The van der Waals surface area contributed by atoms with E-state index >= 15 is 0 Å². The molecule has 7 nitrogen and oxygen atoms in total. The number of carbonyl (C=O) groups is 2. The summed E-state index contributed by atoms with van der Waals surface area (Å²) in [6.45, 7) is 4.93. The number of carboxylic acid groups (broad SMARTS) is 2. The van der Waals surface area contributed by atoms with Crippen molar-refractivity contribution in [1.82, 2.24) is 0 Å². The summed E-state index contributed by atoms with van der Waals surface area (Å²) in [5.41, 5.74) is 4.77. The Labute approximate surface area is 152 Å². The molecule has 0 bridgehead atoms. The molecule has 0 spiro atoms. The molecule has 0 aromatic heterocycles. The fourth-order valence-corrected chi connectivity index (χ4v) is 2.14. The Hall–Kier alpha value is -3.22. The van der Waals surface area contributed by atoms with Crippen LogP contribution in [0, 0.1) is 13.8 Å². The molecular formula is C19H23NO6. The number of hydrogen-bond acceptors (Lipinski definition) is 5. The van der Waals surface area contributed by atoms with Crippen molar-refractivity contribution in [3.05, 3.63) is 53.1 Å². The predicted molar refractivity (Wildman–Crippen MR) is 98.1 cm³/mol. The summed E-state index contributed by atoms with van der Waals surface area (Å²) in [6.07, 6.45) is 0. The Morgan fingerprint density at radius 3 is 2.12 bits per heavy atom. The van der Waals surface area contributed by atoms with Crippen molar-refractivity contribution >= 4 is 17.6 Å². The summed E-state index contributed by atoms with van der Waals surface area (Å²) >= 11 is 0. The van der Waals surface area contributed by atoms with Crippen molar-refractivity contribution in [3.8, 4) is 11.5 Å². The maximum absolute atomic E-state index is 9.10. The number of para-hydroxylation sites is 1. The van der Waals surface area contributed by atoms with Crippen molar-refractivity contribution < 1.29 is 29.3 Å². The molecule has 2 rings (SSSR count). The monoisotopic (exact) mass is 361 g/mol. The minimum absolute atomic E-state index is 0.697. The van der Waals surface area contributed by atoms with Gasteiger partial charge in [0, 0.05) is 17.8 Å². The number of aryl methyl sites for hydroxylation is 2. The molecule has 0 aliphatic carbocycles. The highest BCUT2D eigenvalue weighted by Crippen LogP contribution is 2.31. The molecule has 0 saturated carbocycles. The molecule has 0 aliphatic rings. The highest BCUT2D eigenvalue weighted by Gasteiger charge is 2.09. The second kappa shape index (κ2) is 9.93. The van der Waals surface area contributed by atoms with Crippen molar-refractivity contribution in [1.29, 1.82) is 0 Å². The zero-order valence-electron chi connectivity index (χ0n) is 15.2. The van der Waals surface area contributed by atoms with Gasteiger partial charge in [0.15, 0.2) is 11.5 Å². The Bertz CT molecular complexity index is 761. The Kier molecular flexibility index (Phi) is 7.95. The van der Waals surface area contributed by atoms with Crippen LogP contribution in [0.2, 0.25) is 0 Å². The van der Waals surface area contributed by atoms with E-state index in [-0.39, 0.29) is 0 Å². The second-order valence-corrected chi connectivity index (χ2v) is 5.42. The van der Waals surface area contributed by atoms with Crippen LogP contribution in [0.25, 0.3) is 0 Å². The molecule has 0 fully saturated rings. The molecule has 0 atom stereocenters. The third-order valence-corrected chi connectivity index (χ3v) is 3.66. The molecule has 0 amide bonds. The van der Waals surface area contributed by atoms with Crippen LogP contribution in [0.3, 0.4) is 0 Å². The number of nitrogens with one attached hydrogen (secondary N) is 1. The van der Waals surface area contributed by atoms with E-state index < -0.39 is 11.9 Å². The lowest BCUT2D eigenvalue weighted by molar-refractivity contribution is -0.159. The largest absolute Gasteiger partial charge is 0.493 e. The van der Waals surface area contributed by atoms with Crippen LogP contribution >= 0.6 is 0 Å². The van der Waals surface area contributed by atoms with Crippen LogP contribution in [0.1, 0.15) is 16.7 Å². The maximum Gasteiger partial charge on any atom is 0.414 e. The summed E-state index contributed by atoms with van der Waals surface area (Å²) in [7, 11) is 3.32. The standard InChI is InChI=1S/C17H21NO2.C2H2O4/c1-12-8-9-15(10-13(12)2)18-11-14-6-5-7-16(19-3)17(14)20-4;3-1(4)2(5)6/h5-10,18H,11H2,1-4H3;(H,3,4)(H,5,6). The molecule has 7 heteroatoms. The molecular weight excluding hydrogens is 338 g/mol. The Morgan fingerprint density at radius 1 is 0.962 bits per heavy atom. The molecule has 26 heavy (non-hydrogen) atoms. The van der Waals surface area contributed by atoms with E-state index in [9.17, 15) is 0 Å². The third-order valence-electron chi connectivity index (χ3n) is 3.66. The van der Waals surface area contributed by atoms with E-state index in [1.165, 1.54) is 11.1 Å². The molecule has 0 radical (unpaired) electrons. The van der Waals surface area contributed by atoms with E-state index in [4.69, 9.17) is 29.3 Å². The first-order chi connectivity index (χ1) is 12.3. The summed E-state index contributed by atoms with van der Waals surface area (Å²) in [5, 5.41) is 18.2. The van der Waals surface area contributed by atoms with Gasteiger partial charge in [0.1, 0.15) is 0 Å². The van der Waals surface area contributed by atoms with Gasteiger partial charge in [-0.05, 0) is 43.2 Å². The molecule has 0 unspecified atom stereocenters. The first-order valence-electron chi connectivity index (χ1n) is 7.77. The average Bonchev–Trinajstić information content (AvgIpc) is 2.62. The maximum atomic E-state index is 9.10. The number of rotatable bonds is 5. The number of aliphatic carboxylic acids is 2. The topological polar surface area (TPSA) is 105 Å². The van der Waals surface area contributed by atoms with Gasteiger partial charge in [-0.3, -0.25) is 0 Å².